The summed E-state index contributed by atoms with van der Waals surface area (Å²) >= 11 is 0. The third kappa shape index (κ3) is 3.44. The van der Waals surface area contributed by atoms with Crippen molar-refractivity contribution < 1.29 is 13.6 Å². The van der Waals surface area contributed by atoms with E-state index < -0.39 is 6.04 Å². The molecule has 0 saturated carbocycles. The minimum atomic E-state index is -0.398. The highest BCUT2D eigenvalue weighted by Gasteiger charge is 2.33. The Labute approximate surface area is 139 Å². The molecule has 0 aliphatic carbocycles. The van der Waals surface area contributed by atoms with E-state index in [1.54, 1.807) is 29.2 Å². The Hall–Kier alpha value is -2.31. The first-order valence-electron chi connectivity index (χ1n) is 7.92. The van der Waals surface area contributed by atoms with Crippen LogP contribution >= 0.6 is 0 Å². The van der Waals surface area contributed by atoms with E-state index in [0.717, 1.165) is 5.56 Å². The van der Waals surface area contributed by atoms with Gasteiger partial charge in [-0.15, -0.1) is 0 Å². The summed E-state index contributed by atoms with van der Waals surface area (Å²) in [5.41, 5.74) is 7.67. The fourth-order valence-corrected chi connectivity index (χ4v) is 2.91. The van der Waals surface area contributed by atoms with Gasteiger partial charge in [0.2, 0.25) is 5.91 Å². The first-order valence-corrected chi connectivity index (χ1v) is 7.92. The predicted octanol–water partition coefficient (Wildman–Crippen LogP) is 2.93. The Kier molecular flexibility index (Phi) is 4.87. The third-order valence-electron chi connectivity index (χ3n) is 4.19. The smallest absolute Gasteiger partial charge is 0.245 e. The molecule has 1 saturated heterocycles. The molecule has 2 N–H and O–H groups in total. The van der Waals surface area contributed by atoms with E-state index in [2.05, 4.69) is 10.9 Å². The number of nitrogens with one attached hydrogen (secondary N) is 2. The first-order chi connectivity index (χ1) is 11.6. The minimum Gasteiger partial charge on any atom is -0.311 e. The lowest BCUT2D eigenvalue weighted by Crippen LogP contribution is -2.45. The van der Waals surface area contributed by atoms with Crippen LogP contribution in [-0.4, -0.2) is 18.5 Å². The fraction of sp³-hybridized carbons (Fsp3) is 0.278. The number of anilines is 1. The van der Waals surface area contributed by atoms with Crippen molar-refractivity contribution in [2.45, 2.75) is 25.4 Å². The summed E-state index contributed by atoms with van der Waals surface area (Å²) in [6, 6.07) is 11.6. The summed E-state index contributed by atoms with van der Waals surface area (Å²) in [5, 5.41) is 0. The van der Waals surface area contributed by atoms with E-state index in [1.807, 2.05) is 6.92 Å². The van der Waals surface area contributed by atoms with Crippen LogP contribution in [0.2, 0.25) is 0 Å². The summed E-state index contributed by atoms with van der Waals surface area (Å²) in [4.78, 5) is 14.4. The molecule has 2 atom stereocenters. The number of carbonyl (C=O) groups is 1. The summed E-state index contributed by atoms with van der Waals surface area (Å²) in [6.45, 7) is 2.37. The molecule has 4 nitrogen and oxygen atoms in total. The topological polar surface area (TPSA) is 44.4 Å². The van der Waals surface area contributed by atoms with Crippen LogP contribution < -0.4 is 15.8 Å². The van der Waals surface area contributed by atoms with Crippen LogP contribution in [0.15, 0.2) is 48.5 Å². The van der Waals surface area contributed by atoms with Crippen molar-refractivity contribution in [3.8, 4) is 0 Å². The zero-order valence-electron chi connectivity index (χ0n) is 13.3. The van der Waals surface area contributed by atoms with Gasteiger partial charge < -0.3 is 4.90 Å². The molecule has 1 fully saturated rings. The van der Waals surface area contributed by atoms with Crippen molar-refractivity contribution in [2.75, 3.05) is 11.4 Å². The van der Waals surface area contributed by atoms with Gasteiger partial charge in [0.25, 0.3) is 0 Å². The molecule has 1 heterocycles. The Morgan fingerprint density at radius 1 is 1.04 bits per heavy atom. The van der Waals surface area contributed by atoms with Crippen molar-refractivity contribution in [1.82, 2.24) is 10.9 Å². The number of nitrogens with zero attached hydrogens (tertiary/aromatic N) is 1. The molecule has 1 amide bonds. The van der Waals surface area contributed by atoms with Gasteiger partial charge in [-0.05, 0) is 55.3 Å². The lowest BCUT2D eigenvalue weighted by molar-refractivity contribution is -0.120. The molecular formula is C18H19F2N3O. The average Bonchev–Trinajstić information content (AvgIpc) is 3.08. The SMILES string of the molecule is CCN(C(=O)C1CC(c2ccc(F)cc2)NN1)c1ccc(F)cc1. The first kappa shape index (κ1) is 16.5. The van der Waals surface area contributed by atoms with E-state index in [9.17, 15) is 13.6 Å². The Bertz CT molecular complexity index is 703. The highest BCUT2D eigenvalue weighted by Crippen LogP contribution is 2.25. The van der Waals surface area contributed by atoms with E-state index in [4.69, 9.17) is 0 Å². The zero-order chi connectivity index (χ0) is 17.1. The van der Waals surface area contributed by atoms with Gasteiger partial charge >= 0.3 is 0 Å². The largest absolute Gasteiger partial charge is 0.311 e. The lowest BCUT2D eigenvalue weighted by atomic mass is 10.0. The molecule has 2 aromatic carbocycles. The molecule has 1 aliphatic rings. The summed E-state index contributed by atoms with van der Waals surface area (Å²) in [6.07, 6.45) is 0.558. The molecule has 126 valence electrons. The van der Waals surface area contributed by atoms with Crippen molar-refractivity contribution in [3.05, 3.63) is 65.7 Å². The quantitative estimate of drug-likeness (QED) is 0.905. The molecule has 0 aromatic heterocycles. The van der Waals surface area contributed by atoms with Crippen LogP contribution in [-0.2, 0) is 4.79 Å². The van der Waals surface area contributed by atoms with Crippen LogP contribution in [0, 0.1) is 11.6 Å². The third-order valence-corrected chi connectivity index (χ3v) is 4.19. The number of amides is 1. The molecule has 0 radical (unpaired) electrons. The van der Waals surface area contributed by atoms with Crippen molar-refractivity contribution in [1.29, 1.82) is 0 Å². The average molecular weight is 331 g/mol. The molecule has 3 rings (SSSR count). The highest BCUT2D eigenvalue weighted by molar-refractivity contribution is 5.97. The van der Waals surface area contributed by atoms with Gasteiger partial charge in [-0.2, -0.15) is 0 Å². The van der Waals surface area contributed by atoms with Gasteiger partial charge in [0, 0.05) is 18.3 Å². The Morgan fingerprint density at radius 3 is 2.21 bits per heavy atom. The van der Waals surface area contributed by atoms with Gasteiger partial charge in [-0.3, -0.25) is 4.79 Å². The second-order valence-electron chi connectivity index (χ2n) is 5.74. The Balaban J connectivity index is 1.70. The lowest BCUT2D eigenvalue weighted by Gasteiger charge is -2.24. The van der Waals surface area contributed by atoms with Gasteiger partial charge in [-0.1, -0.05) is 12.1 Å². The molecule has 2 unspecified atom stereocenters. The van der Waals surface area contributed by atoms with E-state index in [1.165, 1.54) is 24.3 Å². The second-order valence-corrected chi connectivity index (χ2v) is 5.74. The Morgan fingerprint density at radius 2 is 1.62 bits per heavy atom. The van der Waals surface area contributed by atoms with Crippen molar-refractivity contribution in [3.63, 3.8) is 0 Å². The molecule has 6 heteroatoms. The van der Waals surface area contributed by atoms with Gasteiger partial charge in [0.15, 0.2) is 0 Å². The molecule has 0 bridgehead atoms. The standard InChI is InChI=1S/C18H19F2N3O/c1-2-23(15-9-7-14(20)8-10-15)18(24)17-11-16(21-22-17)12-3-5-13(19)6-4-12/h3-10,16-17,21-22H,2,11H2,1H3. The van der Waals surface area contributed by atoms with Crippen LogP contribution in [0.3, 0.4) is 0 Å². The number of benzene rings is 2. The number of carbonyl (C=O) groups excluding carboxylic acids is 1. The van der Waals surface area contributed by atoms with Crippen LogP contribution in [0.1, 0.15) is 24.9 Å². The number of hydrazine groups is 1. The number of halogens is 2. The molecule has 2 aromatic rings. The van der Waals surface area contributed by atoms with Crippen LogP contribution in [0.4, 0.5) is 14.5 Å². The van der Waals surface area contributed by atoms with Gasteiger partial charge in [0.05, 0.1) is 0 Å². The minimum absolute atomic E-state index is 0.0635. The summed E-state index contributed by atoms with van der Waals surface area (Å²) in [7, 11) is 0. The van der Waals surface area contributed by atoms with E-state index in [0.29, 0.717) is 18.7 Å². The van der Waals surface area contributed by atoms with Crippen LogP contribution in [0.25, 0.3) is 0 Å². The summed E-state index contributed by atoms with van der Waals surface area (Å²) < 4.78 is 26.1. The van der Waals surface area contributed by atoms with E-state index in [-0.39, 0.29) is 23.6 Å². The summed E-state index contributed by atoms with van der Waals surface area (Å²) in [5.74, 6) is -0.702. The maximum atomic E-state index is 13.1. The van der Waals surface area contributed by atoms with Crippen molar-refractivity contribution >= 4 is 11.6 Å². The number of hydrogen-bond acceptors (Lipinski definition) is 3. The number of likely N-dealkylation sites (N-methyl/N-ethyl adjacent to an activating group) is 1. The van der Waals surface area contributed by atoms with Gasteiger partial charge in [0.1, 0.15) is 17.7 Å². The highest BCUT2D eigenvalue weighted by atomic mass is 19.1. The molecule has 1 aliphatic heterocycles. The van der Waals surface area contributed by atoms with Gasteiger partial charge in [-0.25, -0.2) is 19.6 Å². The predicted molar refractivity (Wildman–Crippen MR) is 88.2 cm³/mol. The monoisotopic (exact) mass is 331 g/mol. The van der Waals surface area contributed by atoms with Crippen molar-refractivity contribution in [2.24, 2.45) is 0 Å². The number of rotatable bonds is 4. The maximum Gasteiger partial charge on any atom is 0.245 e. The number of hydrogen-bond donors (Lipinski definition) is 2. The normalized spacial score (nSPS) is 20.1. The molecule has 0 spiro atoms. The zero-order valence-corrected chi connectivity index (χ0v) is 13.3. The van der Waals surface area contributed by atoms with Crippen LogP contribution in [0.5, 0.6) is 0 Å². The maximum absolute atomic E-state index is 13.1. The molecular weight excluding hydrogens is 312 g/mol. The molecule has 24 heavy (non-hydrogen) atoms. The van der Waals surface area contributed by atoms with E-state index >= 15 is 0 Å². The fourth-order valence-electron chi connectivity index (χ4n) is 2.91. The second kappa shape index (κ2) is 7.07.